The zero-order chi connectivity index (χ0) is 10.1. The maximum atomic E-state index is 8.52. The van der Waals surface area contributed by atoms with Crippen molar-refractivity contribution in [2.24, 2.45) is 11.8 Å². The van der Waals surface area contributed by atoms with Gasteiger partial charge in [0.1, 0.15) is 0 Å². The summed E-state index contributed by atoms with van der Waals surface area (Å²) in [7, 11) is 0. The van der Waals surface area contributed by atoms with E-state index >= 15 is 0 Å². The summed E-state index contributed by atoms with van der Waals surface area (Å²) >= 11 is 0. The van der Waals surface area contributed by atoms with Crippen molar-refractivity contribution in [2.45, 2.75) is 59.3 Å². The zero-order valence-electron chi connectivity index (χ0n) is 9.34. The van der Waals surface area contributed by atoms with E-state index in [-0.39, 0.29) is 0 Å². The molecule has 76 valence electrons. The molecule has 0 aliphatic heterocycles. The van der Waals surface area contributed by atoms with E-state index in [1.54, 1.807) is 0 Å². The first kappa shape index (κ1) is 12.5. The predicted octanol–water partition coefficient (Wildman–Crippen LogP) is 4.14. The van der Waals surface area contributed by atoms with E-state index in [2.05, 4.69) is 13.0 Å². The number of rotatable bonds is 2. The fraction of sp³-hybridized carbons (Fsp3) is 0.917. The Labute approximate surface area is 83.1 Å². The standard InChI is InChI=1S/C10H17N.C2H6/c1-9(7-8-11)10-5-3-2-4-6-10;1-2/h9-10H,2-7H2,1H3;1-2H3. The SMILES string of the molecule is CC.CC(CC#N)C1CCCCC1. The highest BCUT2D eigenvalue weighted by Gasteiger charge is 2.19. The van der Waals surface area contributed by atoms with Gasteiger partial charge in [0.2, 0.25) is 0 Å². The van der Waals surface area contributed by atoms with Gasteiger partial charge in [0.25, 0.3) is 0 Å². The molecule has 1 fully saturated rings. The van der Waals surface area contributed by atoms with Crippen LogP contribution in [0.5, 0.6) is 0 Å². The maximum Gasteiger partial charge on any atom is 0.0624 e. The maximum absolute atomic E-state index is 8.52. The van der Waals surface area contributed by atoms with Crippen LogP contribution < -0.4 is 0 Å². The van der Waals surface area contributed by atoms with Gasteiger partial charge >= 0.3 is 0 Å². The van der Waals surface area contributed by atoms with Gasteiger partial charge in [-0.25, -0.2) is 0 Å². The molecule has 0 aromatic heterocycles. The van der Waals surface area contributed by atoms with Crippen molar-refractivity contribution >= 4 is 0 Å². The summed E-state index contributed by atoms with van der Waals surface area (Å²) in [5.41, 5.74) is 0. The van der Waals surface area contributed by atoms with Gasteiger partial charge < -0.3 is 0 Å². The lowest BCUT2D eigenvalue weighted by Crippen LogP contribution is -2.14. The highest BCUT2D eigenvalue weighted by atomic mass is 14.3. The van der Waals surface area contributed by atoms with E-state index in [1.165, 1.54) is 32.1 Å². The number of nitrogens with zero attached hydrogens (tertiary/aromatic N) is 1. The Morgan fingerprint density at radius 3 is 2.23 bits per heavy atom. The van der Waals surface area contributed by atoms with Crippen molar-refractivity contribution in [3.05, 3.63) is 0 Å². The Bertz CT molecular complexity index is 140. The Kier molecular flexibility index (Phi) is 7.79. The minimum absolute atomic E-state index is 0.639. The van der Waals surface area contributed by atoms with E-state index in [0.29, 0.717) is 5.92 Å². The van der Waals surface area contributed by atoms with Gasteiger partial charge in [0.15, 0.2) is 0 Å². The summed E-state index contributed by atoms with van der Waals surface area (Å²) in [5.74, 6) is 1.49. The van der Waals surface area contributed by atoms with Gasteiger partial charge in [-0.3, -0.25) is 0 Å². The summed E-state index contributed by atoms with van der Waals surface area (Å²) < 4.78 is 0. The van der Waals surface area contributed by atoms with Crippen LogP contribution in [0, 0.1) is 23.2 Å². The fourth-order valence-electron chi connectivity index (χ4n) is 2.01. The molecule has 1 atom stereocenters. The lowest BCUT2D eigenvalue weighted by molar-refractivity contribution is 0.266. The average molecular weight is 181 g/mol. The van der Waals surface area contributed by atoms with Crippen molar-refractivity contribution in [1.29, 1.82) is 5.26 Å². The number of hydrogen-bond acceptors (Lipinski definition) is 1. The molecular weight excluding hydrogens is 158 g/mol. The van der Waals surface area contributed by atoms with Crippen molar-refractivity contribution in [2.75, 3.05) is 0 Å². The smallest absolute Gasteiger partial charge is 0.0624 e. The second-order valence-electron chi connectivity index (χ2n) is 3.74. The first-order chi connectivity index (χ1) is 6.34. The molecule has 0 saturated heterocycles. The minimum Gasteiger partial charge on any atom is -0.198 e. The van der Waals surface area contributed by atoms with E-state index in [0.717, 1.165) is 12.3 Å². The average Bonchev–Trinajstić information content (AvgIpc) is 2.23. The van der Waals surface area contributed by atoms with Crippen molar-refractivity contribution < 1.29 is 0 Å². The molecule has 1 aliphatic carbocycles. The molecule has 0 bridgehead atoms. The highest BCUT2D eigenvalue weighted by molar-refractivity contribution is 4.79. The third kappa shape index (κ3) is 4.93. The molecule has 1 saturated carbocycles. The van der Waals surface area contributed by atoms with E-state index < -0.39 is 0 Å². The van der Waals surface area contributed by atoms with Crippen LogP contribution in [0.2, 0.25) is 0 Å². The summed E-state index contributed by atoms with van der Waals surface area (Å²) in [5, 5.41) is 8.52. The van der Waals surface area contributed by atoms with Crippen LogP contribution in [-0.4, -0.2) is 0 Å². The topological polar surface area (TPSA) is 23.8 Å². The van der Waals surface area contributed by atoms with Crippen LogP contribution in [0.15, 0.2) is 0 Å². The highest BCUT2D eigenvalue weighted by Crippen LogP contribution is 2.30. The van der Waals surface area contributed by atoms with E-state index in [4.69, 9.17) is 5.26 Å². The van der Waals surface area contributed by atoms with Crippen LogP contribution in [0.1, 0.15) is 59.3 Å². The Morgan fingerprint density at radius 1 is 1.23 bits per heavy atom. The molecule has 1 rings (SSSR count). The van der Waals surface area contributed by atoms with Crippen LogP contribution in [0.25, 0.3) is 0 Å². The molecule has 0 N–H and O–H groups in total. The molecule has 0 radical (unpaired) electrons. The molecule has 0 amide bonds. The monoisotopic (exact) mass is 181 g/mol. The van der Waals surface area contributed by atoms with Gasteiger partial charge in [-0.05, 0) is 11.8 Å². The molecule has 0 aromatic rings. The van der Waals surface area contributed by atoms with Crippen molar-refractivity contribution in [1.82, 2.24) is 0 Å². The second-order valence-corrected chi connectivity index (χ2v) is 3.74. The Balaban J connectivity index is 0.000000671. The molecule has 13 heavy (non-hydrogen) atoms. The first-order valence-electron chi connectivity index (χ1n) is 5.71. The molecule has 0 heterocycles. The van der Waals surface area contributed by atoms with Crippen LogP contribution in [0.4, 0.5) is 0 Å². The van der Waals surface area contributed by atoms with Crippen LogP contribution in [0.3, 0.4) is 0 Å². The van der Waals surface area contributed by atoms with Crippen molar-refractivity contribution in [3.63, 3.8) is 0 Å². The van der Waals surface area contributed by atoms with Gasteiger partial charge in [-0.2, -0.15) is 5.26 Å². The fourth-order valence-corrected chi connectivity index (χ4v) is 2.01. The van der Waals surface area contributed by atoms with Gasteiger partial charge in [-0.15, -0.1) is 0 Å². The Hall–Kier alpha value is -0.510. The Morgan fingerprint density at radius 2 is 1.77 bits per heavy atom. The molecule has 1 unspecified atom stereocenters. The largest absolute Gasteiger partial charge is 0.198 e. The molecule has 0 spiro atoms. The molecule has 1 heteroatoms. The predicted molar refractivity (Wildman–Crippen MR) is 57.3 cm³/mol. The second kappa shape index (κ2) is 8.10. The van der Waals surface area contributed by atoms with Crippen LogP contribution in [-0.2, 0) is 0 Å². The summed E-state index contributed by atoms with van der Waals surface area (Å²) in [4.78, 5) is 0. The van der Waals surface area contributed by atoms with Gasteiger partial charge in [-0.1, -0.05) is 52.9 Å². The quantitative estimate of drug-likeness (QED) is 0.628. The van der Waals surface area contributed by atoms with Gasteiger partial charge in [0, 0.05) is 6.42 Å². The lowest BCUT2D eigenvalue weighted by atomic mass is 9.80. The third-order valence-corrected chi connectivity index (χ3v) is 2.87. The van der Waals surface area contributed by atoms with Crippen LogP contribution >= 0.6 is 0 Å². The molecule has 0 aromatic carbocycles. The number of hydrogen-bond donors (Lipinski definition) is 0. The molecular formula is C12H23N. The summed E-state index contributed by atoms with van der Waals surface area (Å²) in [6.45, 7) is 6.22. The normalized spacial score (nSPS) is 19.5. The zero-order valence-corrected chi connectivity index (χ0v) is 9.34. The summed E-state index contributed by atoms with van der Waals surface area (Å²) in [6.07, 6.45) is 7.67. The van der Waals surface area contributed by atoms with Gasteiger partial charge in [0.05, 0.1) is 6.07 Å². The van der Waals surface area contributed by atoms with E-state index in [1.807, 2.05) is 13.8 Å². The number of nitriles is 1. The lowest BCUT2D eigenvalue weighted by Gasteiger charge is -2.25. The van der Waals surface area contributed by atoms with Crippen molar-refractivity contribution in [3.8, 4) is 6.07 Å². The van der Waals surface area contributed by atoms with E-state index in [9.17, 15) is 0 Å². The molecule has 1 aliphatic rings. The minimum atomic E-state index is 0.639. The first-order valence-corrected chi connectivity index (χ1v) is 5.71. The molecule has 1 nitrogen and oxygen atoms in total. The third-order valence-electron chi connectivity index (χ3n) is 2.87. The summed E-state index contributed by atoms with van der Waals surface area (Å²) in [6, 6.07) is 2.26.